The summed E-state index contributed by atoms with van der Waals surface area (Å²) >= 11 is 2.02. The Bertz CT molecular complexity index is 1100. The molecule has 0 spiro atoms. The Kier molecular flexibility index (Phi) is 9.60. The number of alkyl halides is 2. The summed E-state index contributed by atoms with van der Waals surface area (Å²) in [5, 5.41) is 4.72. The highest BCUT2D eigenvalue weighted by molar-refractivity contribution is 14.1. The molecule has 0 aliphatic heterocycles. The first-order valence-corrected chi connectivity index (χ1v) is 12.1. The van der Waals surface area contributed by atoms with Gasteiger partial charge in [0.2, 0.25) is 0 Å². The standard InChI is InChI=1S/C22H24F2N4O.C2H6INO/c1-14-13-28-19(11-25-21(28)10-16(14)8-7-15-5-6-15)17-3-2-4-18(9-17)27-22(29)26-12-20(23)24;1-4(3)5-2/h2-4,9-11,13,15,20H,5-8,12H2,1H3,(H2,26,27,29);1-2H3. The van der Waals surface area contributed by atoms with E-state index in [9.17, 15) is 13.6 Å². The molecule has 1 aliphatic carbocycles. The maximum atomic E-state index is 12.2. The summed E-state index contributed by atoms with van der Waals surface area (Å²) in [4.78, 5) is 20.9. The van der Waals surface area contributed by atoms with E-state index in [1.54, 1.807) is 16.5 Å². The number of fused-ring (bicyclic) bond motifs is 1. The lowest BCUT2D eigenvalue weighted by Crippen LogP contribution is -2.32. The van der Waals surface area contributed by atoms with Crippen LogP contribution in [0.3, 0.4) is 0 Å². The highest BCUT2D eigenvalue weighted by Crippen LogP contribution is 2.34. The number of aromatic nitrogens is 2. The second-order valence-corrected chi connectivity index (χ2v) is 9.60. The lowest BCUT2D eigenvalue weighted by atomic mass is 10.0. The van der Waals surface area contributed by atoms with E-state index >= 15 is 0 Å². The van der Waals surface area contributed by atoms with Gasteiger partial charge >= 0.3 is 6.03 Å². The van der Waals surface area contributed by atoms with Crippen molar-refractivity contribution in [2.24, 2.45) is 5.92 Å². The third-order valence-corrected chi connectivity index (χ3v) is 5.96. The molecule has 4 rings (SSSR count). The van der Waals surface area contributed by atoms with Crippen LogP contribution in [0.1, 0.15) is 30.4 Å². The van der Waals surface area contributed by atoms with E-state index in [0.29, 0.717) is 5.69 Å². The molecule has 2 heterocycles. The van der Waals surface area contributed by atoms with Gasteiger partial charge in [-0.15, -0.1) is 3.28 Å². The fourth-order valence-corrected chi connectivity index (χ4v) is 3.51. The maximum Gasteiger partial charge on any atom is 0.319 e. The fourth-order valence-electron chi connectivity index (χ4n) is 3.51. The Hall–Kier alpha value is -2.31. The van der Waals surface area contributed by atoms with Gasteiger partial charge in [-0.2, -0.15) is 0 Å². The Balaban J connectivity index is 0.000000588. The van der Waals surface area contributed by atoms with Gasteiger partial charge in [0, 0.05) is 47.4 Å². The molecule has 10 heteroatoms. The van der Waals surface area contributed by atoms with Crippen molar-refractivity contribution in [2.75, 3.05) is 26.0 Å². The normalized spacial score (nSPS) is 13.2. The minimum atomic E-state index is -2.58. The van der Waals surface area contributed by atoms with Crippen LogP contribution in [-0.4, -0.2) is 45.8 Å². The molecule has 2 aromatic heterocycles. The van der Waals surface area contributed by atoms with Crippen molar-refractivity contribution in [1.29, 1.82) is 0 Å². The second kappa shape index (κ2) is 12.4. The number of pyridine rings is 1. The van der Waals surface area contributed by atoms with Crippen LogP contribution in [0.25, 0.3) is 16.9 Å². The van der Waals surface area contributed by atoms with Crippen molar-refractivity contribution in [3.05, 3.63) is 53.9 Å². The zero-order valence-electron chi connectivity index (χ0n) is 19.5. The third kappa shape index (κ3) is 7.88. The van der Waals surface area contributed by atoms with Gasteiger partial charge in [-0.1, -0.05) is 25.0 Å². The van der Waals surface area contributed by atoms with Gasteiger partial charge in [-0.05, 0) is 55.0 Å². The van der Waals surface area contributed by atoms with Crippen molar-refractivity contribution in [3.8, 4) is 11.3 Å². The van der Waals surface area contributed by atoms with Gasteiger partial charge in [0.1, 0.15) is 5.65 Å². The SMILES string of the molecule is CON(C)I.Cc1cn2c(-c3cccc(NC(=O)NCC(F)F)c3)cnc2cc1CCC1CC1. The number of hydrogen-bond donors (Lipinski definition) is 2. The molecule has 0 bridgehead atoms. The van der Waals surface area contributed by atoms with E-state index in [-0.39, 0.29) is 0 Å². The Morgan fingerprint density at radius 3 is 2.74 bits per heavy atom. The molecule has 1 aromatic carbocycles. The van der Waals surface area contributed by atoms with Gasteiger partial charge in [0.25, 0.3) is 6.43 Å². The van der Waals surface area contributed by atoms with E-state index in [1.165, 1.54) is 30.4 Å². The number of urea groups is 1. The van der Waals surface area contributed by atoms with Gasteiger partial charge in [0.05, 0.1) is 25.5 Å². The number of aryl methyl sites for hydroxylation is 2. The molecule has 34 heavy (non-hydrogen) atoms. The number of carbonyl (C=O) groups is 1. The predicted molar refractivity (Wildman–Crippen MR) is 138 cm³/mol. The Labute approximate surface area is 212 Å². The van der Waals surface area contributed by atoms with Gasteiger partial charge in [-0.25, -0.2) is 18.6 Å². The highest BCUT2D eigenvalue weighted by Gasteiger charge is 2.21. The summed E-state index contributed by atoms with van der Waals surface area (Å²) in [6.45, 7) is 1.44. The molecule has 0 radical (unpaired) electrons. The number of imidazole rings is 1. The summed E-state index contributed by atoms with van der Waals surface area (Å²) in [5.74, 6) is 0.897. The number of rotatable bonds is 8. The molecule has 7 nitrogen and oxygen atoms in total. The average Bonchev–Trinajstić information content (AvgIpc) is 3.55. The molecule has 0 unspecified atom stereocenters. The predicted octanol–water partition coefficient (Wildman–Crippen LogP) is 5.87. The number of nitrogens with one attached hydrogen (secondary N) is 2. The molecular weight excluding hydrogens is 555 g/mol. The van der Waals surface area contributed by atoms with Crippen LogP contribution >= 0.6 is 22.9 Å². The van der Waals surface area contributed by atoms with Crippen molar-refractivity contribution in [3.63, 3.8) is 0 Å². The maximum absolute atomic E-state index is 12.2. The van der Waals surface area contributed by atoms with Crippen molar-refractivity contribution >= 4 is 40.2 Å². The third-order valence-electron chi connectivity index (χ3n) is 5.56. The number of carbonyl (C=O) groups excluding carboxylic acids is 1. The van der Waals surface area contributed by atoms with E-state index in [1.807, 2.05) is 58.7 Å². The van der Waals surface area contributed by atoms with Crippen molar-refractivity contribution in [1.82, 2.24) is 18.0 Å². The zero-order chi connectivity index (χ0) is 24.7. The summed E-state index contributed by atoms with van der Waals surface area (Å²) in [5.41, 5.74) is 5.79. The molecular formula is C24H30F2IN5O2. The van der Waals surface area contributed by atoms with Crippen LogP contribution in [0, 0.1) is 12.8 Å². The van der Waals surface area contributed by atoms with Gasteiger partial charge < -0.3 is 10.6 Å². The Morgan fingerprint density at radius 1 is 1.35 bits per heavy atom. The smallest absolute Gasteiger partial charge is 0.319 e. The fraction of sp³-hybridized carbons (Fsp3) is 0.417. The lowest BCUT2D eigenvalue weighted by molar-refractivity contribution is 0.00623. The minimum absolute atomic E-state index is 0.530. The molecule has 184 valence electrons. The first-order chi connectivity index (χ1) is 16.3. The first-order valence-electron chi connectivity index (χ1n) is 11.1. The van der Waals surface area contributed by atoms with Crippen LogP contribution in [0.5, 0.6) is 0 Å². The summed E-state index contributed by atoms with van der Waals surface area (Å²) < 4.78 is 28.1. The molecule has 0 atom stereocenters. The molecule has 1 saturated carbocycles. The largest absolute Gasteiger partial charge is 0.332 e. The molecule has 2 amide bonds. The zero-order valence-corrected chi connectivity index (χ0v) is 21.7. The monoisotopic (exact) mass is 585 g/mol. The number of hydroxylamine groups is 1. The molecule has 3 aromatic rings. The van der Waals surface area contributed by atoms with E-state index in [2.05, 4.69) is 39.6 Å². The number of hydrogen-bond acceptors (Lipinski definition) is 4. The van der Waals surface area contributed by atoms with Crippen LogP contribution in [0.2, 0.25) is 0 Å². The summed E-state index contributed by atoms with van der Waals surface area (Å²) in [6.07, 6.45) is 6.39. The van der Waals surface area contributed by atoms with Gasteiger partial charge in [-0.3, -0.25) is 9.24 Å². The van der Waals surface area contributed by atoms with Crippen LogP contribution in [0.15, 0.2) is 42.7 Å². The molecule has 1 aliphatic rings. The first kappa shape index (κ1) is 26.3. The number of nitrogens with zero attached hydrogens (tertiary/aromatic N) is 3. The molecule has 1 fully saturated rings. The number of benzene rings is 1. The average molecular weight is 585 g/mol. The second-order valence-electron chi connectivity index (χ2n) is 8.25. The van der Waals surface area contributed by atoms with Crippen molar-refractivity contribution in [2.45, 2.75) is 39.0 Å². The molecule has 2 N–H and O–H groups in total. The van der Waals surface area contributed by atoms with Crippen LogP contribution in [0.4, 0.5) is 19.3 Å². The quantitative estimate of drug-likeness (QED) is 0.197. The van der Waals surface area contributed by atoms with Crippen LogP contribution < -0.4 is 10.6 Å². The molecule has 0 saturated heterocycles. The van der Waals surface area contributed by atoms with E-state index < -0.39 is 19.0 Å². The lowest BCUT2D eigenvalue weighted by Gasteiger charge is -2.10. The van der Waals surface area contributed by atoms with Crippen LogP contribution in [-0.2, 0) is 11.3 Å². The highest BCUT2D eigenvalue weighted by atomic mass is 127. The minimum Gasteiger partial charge on any atom is -0.332 e. The number of amides is 2. The number of halogens is 3. The number of anilines is 1. The Morgan fingerprint density at radius 2 is 2.09 bits per heavy atom. The van der Waals surface area contributed by atoms with Crippen molar-refractivity contribution < 1.29 is 18.4 Å². The van der Waals surface area contributed by atoms with E-state index in [0.717, 1.165) is 29.2 Å². The van der Waals surface area contributed by atoms with Gasteiger partial charge in [0.15, 0.2) is 0 Å². The summed E-state index contributed by atoms with van der Waals surface area (Å²) in [6, 6.07) is 8.77. The van der Waals surface area contributed by atoms with E-state index in [4.69, 9.17) is 0 Å². The summed E-state index contributed by atoms with van der Waals surface area (Å²) in [7, 11) is 3.44. The topological polar surface area (TPSA) is 70.9 Å².